The van der Waals surface area contributed by atoms with Crippen molar-refractivity contribution in [1.29, 1.82) is 0 Å². The van der Waals surface area contributed by atoms with Crippen LogP contribution in [0.15, 0.2) is 30.3 Å². The summed E-state index contributed by atoms with van der Waals surface area (Å²) >= 11 is 0. The van der Waals surface area contributed by atoms with Crippen LogP contribution in [0.4, 0.5) is 5.69 Å². The van der Waals surface area contributed by atoms with Crippen LogP contribution in [0.1, 0.15) is 34.8 Å². The van der Waals surface area contributed by atoms with E-state index in [1.807, 2.05) is 13.8 Å². The van der Waals surface area contributed by atoms with Gasteiger partial charge in [-0.05, 0) is 26.0 Å². The van der Waals surface area contributed by atoms with E-state index in [-0.39, 0.29) is 23.3 Å². The molecule has 144 valence electrons. The Morgan fingerprint density at radius 2 is 1.48 bits per heavy atom. The number of rotatable bonds is 7. The second kappa shape index (κ2) is 8.88. The van der Waals surface area contributed by atoms with Crippen molar-refractivity contribution in [3.05, 3.63) is 41.7 Å². The predicted octanol–water partition coefficient (Wildman–Crippen LogP) is 2.50. The van der Waals surface area contributed by atoms with E-state index in [1.165, 1.54) is 27.4 Å². The van der Waals surface area contributed by atoms with Gasteiger partial charge in [0.2, 0.25) is 5.75 Å². The van der Waals surface area contributed by atoms with Crippen molar-refractivity contribution in [2.75, 3.05) is 26.6 Å². The van der Waals surface area contributed by atoms with E-state index in [0.29, 0.717) is 22.9 Å². The fourth-order valence-corrected chi connectivity index (χ4v) is 2.37. The van der Waals surface area contributed by atoms with Gasteiger partial charge in [-0.2, -0.15) is 0 Å². The third kappa shape index (κ3) is 4.87. The van der Waals surface area contributed by atoms with Gasteiger partial charge >= 0.3 is 0 Å². The highest BCUT2D eigenvalue weighted by Gasteiger charge is 2.17. The maximum atomic E-state index is 12.5. The summed E-state index contributed by atoms with van der Waals surface area (Å²) in [5.74, 6) is 0.426. The molecule has 8 nitrogen and oxygen atoms in total. The summed E-state index contributed by atoms with van der Waals surface area (Å²) in [6.45, 7) is 3.69. The molecule has 0 aliphatic rings. The van der Waals surface area contributed by atoms with Crippen molar-refractivity contribution in [1.82, 2.24) is 10.3 Å². The summed E-state index contributed by atoms with van der Waals surface area (Å²) in [6, 6.07) is 7.86. The Labute approximate surface area is 157 Å². The smallest absolute Gasteiger partial charge is 0.274 e. The van der Waals surface area contributed by atoms with Crippen molar-refractivity contribution in [2.45, 2.75) is 19.9 Å². The molecule has 0 bridgehead atoms. The fraction of sp³-hybridized carbons (Fsp3) is 0.316. The minimum absolute atomic E-state index is 0.0315. The number of nitrogens with zero attached hydrogens (tertiary/aromatic N) is 1. The lowest BCUT2D eigenvalue weighted by Crippen LogP contribution is -2.31. The summed E-state index contributed by atoms with van der Waals surface area (Å²) in [5, 5.41) is 5.45. The summed E-state index contributed by atoms with van der Waals surface area (Å²) in [6.07, 6.45) is 0. The second-order valence-electron chi connectivity index (χ2n) is 5.90. The molecule has 1 heterocycles. The Hall–Kier alpha value is -3.29. The molecule has 0 atom stereocenters. The number of carbonyl (C=O) groups is 2. The molecule has 0 aliphatic heterocycles. The lowest BCUT2D eigenvalue weighted by Gasteiger charge is -2.14. The number of pyridine rings is 1. The normalized spacial score (nSPS) is 10.3. The highest BCUT2D eigenvalue weighted by Crippen LogP contribution is 2.39. The minimum Gasteiger partial charge on any atom is -0.493 e. The van der Waals surface area contributed by atoms with Gasteiger partial charge in [-0.3, -0.25) is 9.59 Å². The number of anilines is 1. The molecule has 0 fully saturated rings. The Bertz CT molecular complexity index is 811. The van der Waals surface area contributed by atoms with Crippen molar-refractivity contribution in [2.24, 2.45) is 0 Å². The van der Waals surface area contributed by atoms with Gasteiger partial charge in [0.05, 0.1) is 21.3 Å². The number of hydrogen-bond donors (Lipinski definition) is 2. The third-order valence-corrected chi connectivity index (χ3v) is 3.56. The van der Waals surface area contributed by atoms with E-state index in [2.05, 4.69) is 15.6 Å². The number of nitrogens with one attached hydrogen (secondary N) is 2. The number of hydrogen-bond acceptors (Lipinski definition) is 6. The van der Waals surface area contributed by atoms with Gasteiger partial charge in [0.25, 0.3) is 11.8 Å². The monoisotopic (exact) mass is 373 g/mol. The topological polar surface area (TPSA) is 98.8 Å². The van der Waals surface area contributed by atoms with Crippen molar-refractivity contribution in [3.63, 3.8) is 0 Å². The zero-order valence-corrected chi connectivity index (χ0v) is 16.0. The lowest BCUT2D eigenvalue weighted by atomic mass is 10.2. The van der Waals surface area contributed by atoms with Crippen LogP contribution in [0.2, 0.25) is 0 Å². The number of benzene rings is 1. The van der Waals surface area contributed by atoms with E-state index >= 15 is 0 Å². The standard InChI is InChI=1S/C19H23N3O5/c1-11(2)20-18(23)13-7-6-8-14(22-13)19(24)21-12-9-15(25-3)17(27-5)16(10-12)26-4/h6-11H,1-5H3,(H,20,23)(H,21,24). The van der Waals surface area contributed by atoms with Crippen LogP contribution >= 0.6 is 0 Å². The molecule has 1 aromatic carbocycles. The molecule has 27 heavy (non-hydrogen) atoms. The number of methoxy groups -OCH3 is 3. The van der Waals surface area contributed by atoms with Crippen LogP contribution in [0.25, 0.3) is 0 Å². The Balaban J connectivity index is 2.26. The summed E-state index contributed by atoms with van der Waals surface area (Å²) in [4.78, 5) is 28.7. The van der Waals surface area contributed by atoms with Crippen LogP contribution in [0.5, 0.6) is 17.2 Å². The molecule has 2 N–H and O–H groups in total. The molecule has 0 saturated carbocycles. The highest BCUT2D eigenvalue weighted by molar-refractivity contribution is 6.04. The van der Waals surface area contributed by atoms with Crippen molar-refractivity contribution >= 4 is 17.5 Å². The maximum Gasteiger partial charge on any atom is 0.274 e. The highest BCUT2D eigenvalue weighted by atomic mass is 16.5. The molecular weight excluding hydrogens is 350 g/mol. The SMILES string of the molecule is COc1cc(NC(=O)c2cccc(C(=O)NC(C)C)n2)cc(OC)c1OC. The van der Waals surface area contributed by atoms with E-state index < -0.39 is 5.91 Å². The average molecular weight is 373 g/mol. The molecule has 2 aromatic rings. The molecule has 1 aromatic heterocycles. The van der Waals surface area contributed by atoms with Crippen LogP contribution < -0.4 is 24.8 Å². The van der Waals surface area contributed by atoms with Gasteiger partial charge < -0.3 is 24.8 Å². The Morgan fingerprint density at radius 1 is 0.926 bits per heavy atom. The fourth-order valence-electron chi connectivity index (χ4n) is 2.37. The average Bonchev–Trinajstić information content (AvgIpc) is 2.66. The molecule has 0 unspecified atom stereocenters. The second-order valence-corrected chi connectivity index (χ2v) is 5.90. The largest absolute Gasteiger partial charge is 0.493 e. The van der Waals surface area contributed by atoms with Crippen molar-refractivity contribution in [3.8, 4) is 17.2 Å². The molecule has 2 amide bonds. The molecule has 0 aliphatic carbocycles. The number of carbonyl (C=O) groups excluding carboxylic acids is 2. The van der Waals surface area contributed by atoms with Crippen LogP contribution in [-0.4, -0.2) is 44.2 Å². The van der Waals surface area contributed by atoms with Gasteiger partial charge in [0.15, 0.2) is 11.5 Å². The molecule has 0 radical (unpaired) electrons. The van der Waals surface area contributed by atoms with Gasteiger partial charge in [-0.1, -0.05) is 6.07 Å². The van der Waals surface area contributed by atoms with Gasteiger partial charge in [0.1, 0.15) is 11.4 Å². The Kier molecular flexibility index (Phi) is 6.59. The zero-order valence-electron chi connectivity index (χ0n) is 16.0. The first kappa shape index (κ1) is 20.0. The molecule has 2 rings (SSSR count). The first-order valence-corrected chi connectivity index (χ1v) is 8.28. The quantitative estimate of drug-likeness (QED) is 0.774. The van der Waals surface area contributed by atoms with Crippen LogP contribution in [-0.2, 0) is 0 Å². The van der Waals surface area contributed by atoms with Crippen LogP contribution in [0, 0.1) is 0 Å². The summed E-state index contributed by atoms with van der Waals surface area (Å²) in [5.41, 5.74) is 0.717. The third-order valence-electron chi connectivity index (χ3n) is 3.56. The lowest BCUT2D eigenvalue weighted by molar-refractivity contribution is 0.0938. The number of ether oxygens (including phenoxy) is 3. The summed E-state index contributed by atoms with van der Waals surface area (Å²) in [7, 11) is 4.47. The first-order chi connectivity index (χ1) is 12.9. The van der Waals surface area contributed by atoms with E-state index in [9.17, 15) is 9.59 Å². The maximum absolute atomic E-state index is 12.5. The van der Waals surface area contributed by atoms with Gasteiger partial charge in [-0.25, -0.2) is 4.98 Å². The molecule has 8 heteroatoms. The van der Waals surface area contributed by atoms with Crippen molar-refractivity contribution < 1.29 is 23.8 Å². The number of aromatic nitrogens is 1. The summed E-state index contributed by atoms with van der Waals surface area (Å²) < 4.78 is 15.8. The molecule has 0 saturated heterocycles. The van der Waals surface area contributed by atoms with Gasteiger partial charge in [0, 0.05) is 23.9 Å². The number of amides is 2. The first-order valence-electron chi connectivity index (χ1n) is 8.28. The van der Waals surface area contributed by atoms with E-state index in [1.54, 1.807) is 24.3 Å². The van der Waals surface area contributed by atoms with Gasteiger partial charge in [-0.15, -0.1) is 0 Å². The molecular formula is C19H23N3O5. The minimum atomic E-state index is -0.469. The zero-order chi connectivity index (χ0) is 20.0. The molecule has 0 spiro atoms. The predicted molar refractivity (Wildman–Crippen MR) is 101 cm³/mol. The van der Waals surface area contributed by atoms with Crippen LogP contribution in [0.3, 0.4) is 0 Å². The Morgan fingerprint density at radius 3 is 1.96 bits per heavy atom. The van der Waals surface area contributed by atoms with E-state index in [0.717, 1.165) is 0 Å². The van der Waals surface area contributed by atoms with E-state index in [4.69, 9.17) is 14.2 Å².